The van der Waals surface area contributed by atoms with Crippen LogP contribution in [-0.4, -0.2) is 42.9 Å². The van der Waals surface area contributed by atoms with Gasteiger partial charge in [0.25, 0.3) is 11.8 Å². The van der Waals surface area contributed by atoms with Crippen molar-refractivity contribution in [1.29, 1.82) is 0 Å². The molecule has 0 radical (unpaired) electrons. The summed E-state index contributed by atoms with van der Waals surface area (Å²) >= 11 is 1.31. The first-order valence-corrected chi connectivity index (χ1v) is 10.4. The molecular formula is C22H23N3O3S. The van der Waals surface area contributed by atoms with E-state index >= 15 is 0 Å². The van der Waals surface area contributed by atoms with Gasteiger partial charge in [0.1, 0.15) is 0 Å². The van der Waals surface area contributed by atoms with Crippen LogP contribution in [0.15, 0.2) is 53.1 Å². The fraction of sp³-hybridized carbons (Fsp3) is 0.273. The van der Waals surface area contributed by atoms with Gasteiger partial charge in [0, 0.05) is 31.9 Å². The highest BCUT2D eigenvalue weighted by atomic mass is 32.1. The van der Waals surface area contributed by atoms with E-state index in [-0.39, 0.29) is 17.6 Å². The third kappa shape index (κ3) is 4.19. The second kappa shape index (κ2) is 8.13. The fourth-order valence-electron chi connectivity index (χ4n) is 3.47. The molecule has 0 saturated carbocycles. The second-order valence-corrected chi connectivity index (χ2v) is 8.22. The van der Waals surface area contributed by atoms with Crippen LogP contribution in [0.3, 0.4) is 0 Å². The average Bonchev–Trinajstić information content (AvgIpc) is 3.38. The number of aryl methyl sites for hydroxylation is 2. The van der Waals surface area contributed by atoms with Gasteiger partial charge in [-0.3, -0.25) is 9.59 Å². The van der Waals surface area contributed by atoms with E-state index in [4.69, 9.17) is 4.42 Å². The van der Waals surface area contributed by atoms with Gasteiger partial charge in [-0.15, -0.1) is 11.3 Å². The number of nitrogens with one attached hydrogen (secondary N) is 1. The van der Waals surface area contributed by atoms with Crippen molar-refractivity contribution in [2.45, 2.75) is 13.8 Å². The highest BCUT2D eigenvalue weighted by Crippen LogP contribution is 2.29. The lowest BCUT2D eigenvalue weighted by atomic mass is 10.2. The molecule has 0 spiro atoms. The van der Waals surface area contributed by atoms with Gasteiger partial charge in [-0.2, -0.15) is 0 Å². The van der Waals surface area contributed by atoms with Gasteiger partial charge < -0.3 is 19.5 Å². The molecule has 2 aromatic heterocycles. The number of amides is 2. The van der Waals surface area contributed by atoms with Crippen LogP contribution in [0.2, 0.25) is 0 Å². The molecule has 0 unspecified atom stereocenters. The van der Waals surface area contributed by atoms with Crippen molar-refractivity contribution in [3.05, 3.63) is 70.5 Å². The predicted octanol–water partition coefficient (Wildman–Crippen LogP) is 4.17. The molecule has 1 aliphatic heterocycles. The molecule has 3 aromatic rings. The summed E-state index contributed by atoms with van der Waals surface area (Å²) in [5.41, 5.74) is 3.31. The van der Waals surface area contributed by atoms with E-state index in [1.54, 1.807) is 12.1 Å². The first kappa shape index (κ1) is 19.3. The van der Waals surface area contributed by atoms with Crippen molar-refractivity contribution < 1.29 is 14.0 Å². The van der Waals surface area contributed by atoms with Gasteiger partial charge in [-0.25, -0.2) is 0 Å². The summed E-state index contributed by atoms with van der Waals surface area (Å²) < 4.78 is 5.11. The van der Waals surface area contributed by atoms with E-state index < -0.39 is 0 Å². The Morgan fingerprint density at radius 2 is 1.83 bits per heavy atom. The molecule has 150 valence electrons. The number of hydrogen-bond donors (Lipinski definition) is 1. The molecule has 1 fully saturated rings. The molecule has 7 heteroatoms. The lowest BCUT2D eigenvalue weighted by Gasteiger charge is -2.36. The number of piperazine rings is 1. The molecule has 1 saturated heterocycles. The molecule has 4 rings (SSSR count). The summed E-state index contributed by atoms with van der Waals surface area (Å²) in [5.74, 6) is -0.0480. The number of benzene rings is 1. The highest BCUT2D eigenvalue weighted by Gasteiger charge is 2.25. The summed E-state index contributed by atoms with van der Waals surface area (Å²) in [6.45, 7) is 6.96. The zero-order valence-electron chi connectivity index (χ0n) is 16.5. The molecule has 1 aliphatic rings. The second-order valence-electron chi connectivity index (χ2n) is 7.17. The first-order valence-electron chi connectivity index (χ1n) is 9.57. The van der Waals surface area contributed by atoms with Crippen LogP contribution >= 0.6 is 11.3 Å². The maximum atomic E-state index is 13.0. The van der Waals surface area contributed by atoms with Crippen molar-refractivity contribution in [2.75, 3.05) is 36.4 Å². The summed E-state index contributed by atoms with van der Waals surface area (Å²) in [5, 5.41) is 3.45. The summed E-state index contributed by atoms with van der Waals surface area (Å²) in [6, 6.07) is 13.6. The van der Waals surface area contributed by atoms with Crippen molar-refractivity contribution in [2.24, 2.45) is 0 Å². The molecule has 0 atom stereocenters. The molecule has 6 nitrogen and oxygen atoms in total. The quantitative estimate of drug-likeness (QED) is 0.702. The van der Waals surface area contributed by atoms with Crippen LogP contribution in [0.4, 0.5) is 10.7 Å². The maximum Gasteiger partial charge on any atom is 0.291 e. The summed E-state index contributed by atoms with van der Waals surface area (Å²) in [7, 11) is 0. The number of carbonyl (C=O) groups excluding carboxylic acids is 2. The molecule has 0 bridgehead atoms. The minimum Gasteiger partial charge on any atom is -0.459 e. The largest absolute Gasteiger partial charge is 0.459 e. The van der Waals surface area contributed by atoms with E-state index in [1.807, 2.05) is 17.9 Å². The standard InChI is InChI=1S/C22H23N3O3S/c1-15-5-3-6-17(13-15)24-8-10-25(11-9-24)22(27)20-16(2)14-19(29-20)23-21(26)18-7-4-12-28-18/h3-7,12-14H,8-11H2,1-2H3,(H,23,26). The zero-order chi connectivity index (χ0) is 20.4. The molecule has 29 heavy (non-hydrogen) atoms. The van der Waals surface area contributed by atoms with E-state index in [0.29, 0.717) is 23.0 Å². The van der Waals surface area contributed by atoms with Gasteiger partial charge in [-0.05, 0) is 55.3 Å². The van der Waals surface area contributed by atoms with Gasteiger partial charge in [-0.1, -0.05) is 12.1 Å². The van der Waals surface area contributed by atoms with Gasteiger partial charge in [0.15, 0.2) is 5.76 Å². The molecular weight excluding hydrogens is 386 g/mol. The minimum absolute atomic E-state index is 0.0230. The Morgan fingerprint density at radius 3 is 2.52 bits per heavy atom. The monoisotopic (exact) mass is 409 g/mol. The van der Waals surface area contributed by atoms with Gasteiger partial charge in [0.2, 0.25) is 0 Å². The van der Waals surface area contributed by atoms with Gasteiger partial charge in [0.05, 0.1) is 16.1 Å². The van der Waals surface area contributed by atoms with E-state index in [1.165, 1.54) is 28.9 Å². The Bertz CT molecular complexity index is 1020. The highest BCUT2D eigenvalue weighted by molar-refractivity contribution is 7.18. The molecule has 0 aliphatic carbocycles. The maximum absolute atomic E-state index is 13.0. The fourth-order valence-corrected chi connectivity index (χ4v) is 4.51. The van der Waals surface area contributed by atoms with Crippen LogP contribution in [-0.2, 0) is 0 Å². The Morgan fingerprint density at radius 1 is 1.03 bits per heavy atom. The Balaban J connectivity index is 1.40. The van der Waals surface area contributed by atoms with Crippen molar-refractivity contribution >= 4 is 33.8 Å². The lowest BCUT2D eigenvalue weighted by molar-refractivity contribution is 0.0750. The number of hydrogen-bond acceptors (Lipinski definition) is 5. The summed E-state index contributed by atoms with van der Waals surface area (Å²) in [6.07, 6.45) is 1.46. The van der Waals surface area contributed by atoms with Crippen molar-refractivity contribution in [3.63, 3.8) is 0 Å². The van der Waals surface area contributed by atoms with E-state index in [9.17, 15) is 9.59 Å². The van der Waals surface area contributed by atoms with E-state index in [2.05, 4.69) is 41.4 Å². The number of furan rings is 1. The lowest BCUT2D eigenvalue weighted by Crippen LogP contribution is -2.48. The minimum atomic E-state index is -0.318. The number of thiophene rings is 1. The zero-order valence-corrected chi connectivity index (χ0v) is 17.3. The normalized spacial score (nSPS) is 14.1. The third-order valence-corrected chi connectivity index (χ3v) is 6.17. The SMILES string of the molecule is Cc1cccc(N2CCN(C(=O)c3sc(NC(=O)c4ccco4)cc3C)CC2)c1. The van der Waals surface area contributed by atoms with Crippen LogP contribution in [0.25, 0.3) is 0 Å². The predicted molar refractivity (Wildman–Crippen MR) is 115 cm³/mol. The number of nitrogens with zero attached hydrogens (tertiary/aromatic N) is 2. The Kier molecular flexibility index (Phi) is 5.40. The van der Waals surface area contributed by atoms with Crippen molar-refractivity contribution in [3.8, 4) is 0 Å². The molecule has 2 amide bonds. The van der Waals surface area contributed by atoms with E-state index in [0.717, 1.165) is 18.7 Å². The topological polar surface area (TPSA) is 65.8 Å². The van der Waals surface area contributed by atoms with Crippen molar-refractivity contribution in [1.82, 2.24) is 4.90 Å². The molecule has 1 aromatic carbocycles. The van der Waals surface area contributed by atoms with Crippen LogP contribution in [0.5, 0.6) is 0 Å². The molecule has 3 heterocycles. The first-order chi connectivity index (χ1) is 14.0. The van der Waals surface area contributed by atoms with Crippen LogP contribution in [0, 0.1) is 13.8 Å². The van der Waals surface area contributed by atoms with Crippen LogP contribution < -0.4 is 10.2 Å². The van der Waals surface area contributed by atoms with Crippen LogP contribution in [0.1, 0.15) is 31.4 Å². The summed E-state index contributed by atoms with van der Waals surface area (Å²) in [4.78, 5) is 30.1. The van der Waals surface area contributed by atoms with Gasteiger partial charge >= 0.3 is 0 Å². The Labute approximate surface area is 173 Å². The number of anilines is 2. The third-order valence-electron chi connectivity index (χ3n) is 5.03. The molecule has 1 N–H and O–H groups in total. The smallest absolute Gasteiger partial charge is 0.291 e. The number of rotatable bonds is 4. The Hall–Kier alpha value is -3.06. The number of carbonyl (C=O) groups is 2. The average molecular weight is 410 g/mol.